The van der Waals surface area contributed by atoms with Gasteiger partial charge in [-0.1, -0.05) is 12.5 Å². The van der Waals surface area contributed by atoms with Crippen LogP contribution in [-0.2, 0) is 16.2 Å². The van der Waals surface area contributed by atoms with Crippen molar-refractivity contribution < 1.29 is 26.4 Å². The molecule has 3 rings (SSSR count). The maximum atomic E-state index is 13.0. The normalized spacial score (nSPS) is 16.3. The number of benzene rings is 1. The van der Waals surface area contributed by atoms with Gasteiger partial charge in [0.25, 0.3) is 5.91 Å². The van der Waals surface area contributed by atoms with Crippen molar-refractivity contribution in [2.45, 2.75) is 44.2 Å². The number of carbonyl (C=O) groups is 1. The van der Waals surface area contributed by atoms with Gasteiger partial charge in [0.1, 0.15) is 4.90 Å². The second kappa shape index (κ2) is 7.32. The molecular formula is C18H20F3N3O3S. The van der Waals surface area contributed by atoms with Gasteiger partial charge in [0.15, 0.2) is 0 Å². The van der Waals surface area contributed by atoms with Crippen LogP contribution in [0.2, 0.25) is 0 Å². The topological polar surface area (TPSA) is 72.3 Å². The Bertz CT molecular complexity index is 1010. The summed E-state index contributed by atoms with van der Waals surface area (Å²) in [4.78, 5) is 12.7. The molecular weight excluding hydrogens is 395 g/mol. The molecule has 1 aliphatic heterocycles. The van der Waals surface area contributed by atoms with E-state index in [1.54, 1.807) is 0 Å². The van der Waals surface area contributed by atoms with E-state index >= 15 is 0 Å². The molecule has 0 N–H and O–H groups in total. The minimum atomic E-state index is -4.59. The Morgan fingerprint density at radius 2 is 1.75 bits per heavy atom. The minimum absolute atomic E-state index is 0.0604. The first kappa shape index (κ1) is 20.5. The maximum Gasteiger partial charge on any atom is 0.416 e. The fourth-order valence-electron chi connectivity index (χ4n) is 3.38. The molecule has 1 aromatic carbocycles. The molecule has 2 aromatic rings. The maximum absolute atomic E-state index is 13.0. The van der Waals surface area contributed by atoms with Crippen molar-refractivity contribution in [2.75, 3.05) is 13.1 Å². The smallest absolute Gasteiger partial charge is 0.267 e. The lowest BCUT2D eigenvalue weighted by Gasteiger charge is -2.25. The van der Waals surface area contributed by atoms with Crippen molar-refractivity contribution >= 4 is 15.9 Å². The van der Waals surface area contributed by atoms with Crippen molar-refractivity contribution in [1.82, 2.24) is 14.1 Å². The van der Waals surface area contributed by atoms with Gasteiger partial charge in [-0.05, 0) is 44.9 Å². The Labute approximate surface area is 161 Å². The predicted molar refractivity (Wildman–Crippen MR) is 95.5 cm³/mol. The number of sulfonamides is 1. The van der Waals surface area contributed by atoms with Crippen LogP contribution in [0.1, 0.15) is 46.6 Å². The highest BCUT2D eigenvalue weighted by molar-refractivity contribution is 7.89. The van der Waals surface area contributed by atoms with E-state index in [4.69, 9.17) is 0 Å². The van der Waals surface area contributed by atoms with Crippen molar-refractivity contribution in [3.8, 4) is 0 Å². The van der Waals surface area contributed by atoms with E-state index in [1.165, 1.54) is 24.2 Å². The van der Waals surface area contributed by atoms with Gasteiger partial charge in [0.2, 0.25) is 10.0 Å². The summed E-state index contributed by atoms with van der Waals surface area (Å²) >= 11 is 0. The van der Waals surface area contributed by atoms with Crippen LogP contribution >= 0.6 is 0 Å². The molecule has 10 heteroatoms. The summed E-state index contributed by atoms with van der Waals surface area (Å²) in [5.74, 6) is -0.813. The lowest BCUT2D eigenvalue weighted by atomic mass is 10.1. The van der Waals surface area contributed by atoms with Gasteiger partial charge in [-0.15, -0.1) is 0 Å². The van der Waals surface area contributed by atoms with E-state index < -0.39 is 27.7 Å². The Morgan fingerprint density at radius 3 is 2.36 bits per heavy atom. The minimum Gasteiger partial charge on any atom is -0.267 e. The Balaban J connectivity index is 2.01. The van der Waals surface area contributed by atoms with Gasteiger partial charge in [-0.25, -0.2) is 8.42 Å². The van der Waals surface area contributed by atoms with Crippen LogP contribution in [-0.4, -0.2) is 41.5 Å². The van der Waals surface area contributed by atoms with Gasteiger partial charge >= 0.3 is 6.18 Å². The third-order valence-corrected chi connectivity index (χ3v) is 6.92. The highest BCUT2D eigenvalue weighted by atomic mass is 32.2. The van der Waals surface area contributed by atoms with Crippen LogP contribution in [0.5, 0.6) is 0 Å². The lowest BCUT2D eigenvalue weighted by Crippen LogP contribution is -2.36. The molecule has 0 unspecified atom stereocenters. The molecule has 0 bridgehead atoms. The third kappa shape index (κ3) is 3.70. The number of carbonyl (C=O) groups excluding carboxylic acids is 1. The molecule has 1 aromatic heterocycles. The summed E-state index contributed by atoms with van der Waals surface area (Å²) in [6.07, 6.45) is -2.12. The number of piperidine rings is 1. The molecule has 0 spiro atoms. The second-order valence-electron chi connectivity index (χ2n) is 6.76. The van der Waals surface area contributed by atoms with Crippen LogP contribution in [0.4, 0.5) is 13.2 Å². The summed E-state index contributed by atoms with van der Waals surface area (Å²) in [6.45, 7) is 3.70. The monoisotopic (exact) mass is 415 g/mol. The molecule has 0 aliphatic carbocycles. The number of nitrogens with zero attached hydrogens (tertiary/aromatic N) is 3. The van der Waals surface area contributed by atoms with E-state index in [9.17, 15) is 26.4 Å². The van der Waals surface area contributed by atoms with Crippen LogP contribution in [0.25, 0.3) is 0 Å². The zero-order valence-corrected chi connectivity index (χ0v) is 16.3. The first-order valence-corrected chi connectivity index (χ1v) is 10.3. The summed E-state index contributed by atoms with van der Waals surface area (Å²) in [5, 5.41) is 4.02. The highest BCUT2D eigenvalue weighted by Crippen LogP contribution is 2.30. The van der Waals surface area contributed by atoms with Gasteiger partial charge in [0, 0.05) is 18.7 Å². The molecule has 0 amide bonds. The fraction of sp³-hybridized carbons (Fsp3) is 0.444. The van der Waals surface area contributed by atoms with Gasteiger partial charge in [-0.2, -0.15) is 27.3 Å². The van der Waals surface area contributed by atoms with Gasteiger partial charge in [0.05, 0.1) is 17.0 Å². The summed E-state index contributed by atoms with van der Waals surface area (Å²) < 4.78 is 67.0. The van der Waals surface area contributed by atoms with E-state index in [0.717, 1.165) is 42.1 Å². The van der Waals surface area contributed by atoms with Gasteiger partial charge in [-0.3, -0.25) is 4.79 Å². The molecule has 0 atom stereocenters. The molecule has 6 nitrogen and oxygen atoms in total. The van der Waals surface area contributed by atoms with Crippen molar-refractivity contribution in [3.05, 3.63) is 46.8 Å². The zero-order valence-electron chi connectivity index (χ0n) is 15.5. The average molecular weight is 415 g/mol. The summed E-state index contributed by atoms with van der Waals surface area (Å²) in [7, 11) is -3.83. The summed E-state index contributed by atoms with van der Waals surface area (Å²) in [5.41, 5.74) is -0.947. The molecule has 2 heterocycles. The first-order valence-electron chi connectivity index (χ1n) is 8.82. The van der Waals surface area contributed by atoms with Gasteiger partial charge < -0.3 is 0 Å². The van der Waals surface area contributed by atoms with Crippen LogP contribution < -0.4 is 0 Å². The van der Waals surface area contributed by atoms with E-state index in [2.05, 4.69) is 5.10 Å². The van der Waals surface area contributed by atoms with Crippen molar-refractivity contribution in [1.29, 1.82) is 0 Å². The van der Waals surface area contributed by atoms with Crippen molar-refractivity contribution in [3.63, 3.8) is 0 Å². The molecule has 0 radical (unpaired) electrons. The quantitative estimate of drug-likeness (QED) is 0.771. The largest absolute Gasteiger partial charge is 0.416 e. The number of aromatic nitrogens is 2. The zero-order chi connectivity index (χ0) is 20.7. The SMILES string of the molecule is Cc1nn(C(=O)c2cccc(C(F)(F)F)c2)c(C)c1S(=O)(=O)N1CCCCC1. The molecule has 0 saturated carbocycles. The highest BCUT2D eigenvalue weighted by Gasteiger charge is 2.34. The number of alkyl halides is 3. The molecule has 1 saturated heterocycles. The molecule has 152 valence electrons. The standard InChI is InChI=1S/C18H20F3N3O3S/c1-12-16(28(26,27)23-9-4-3-5-10-23)13(2)24(22-12)17(25)14-7-6-8-15(11-14)18(19,20)21/h6-8,11H,3-5,9-10H2,1-2H3. The molecule has 1 fully saturated rings. The Hall–Kier alpha value is -2.20. The third-order valence-electron chi connectivity index (χ3n) is 4.77. The number of rotatable bonds is 3. The Kier molecular flexibility index (Phi) is 5.37. The molecule has 28 heavy (non-hydrogen) atoms. The van der Waals surface area contributed by atoms with Crippen LogP contribution in [0.15, 0.2) is 29.2 Å². The fourth-order valence-corrected chi connectivity index (χ4v) is 5.26. The number of aryl methyl sites for hydroxylation is 1. The van der Waals surface area contributed by atoms with Crippen molar-refractivity contribution in [2.24, 2.45) is 0 Å². The number of halogens is 3. The molecule has 1 aliphatic rings. The number of hydrogen-bond donors (Lipinski definition) is 0. The van der Waals surface area contributed by atoms with Crippen LogP contribution in [0, 0.1) is 13.8 Å². The van der Waals surface area contributed by atoms with E-state index in [-0.39, 0.29) is 21.8 Å². The second-order valence-corrected chi connectivity index (χ2v) is 8.63. The lowest BCUT2D eigenvalue weighted by molar-refractivity contribution is -0.137. The summed E-state index contributed by atoms with van der Waals surface area (Å²) in [6, 6.07) is 3.97. The average Bonchev–Trinajstić information content (AvgIpc) is 2.96. The van der Waals surface area contributed by atoms with E-state index in [1.807, 2.05) is 0 Å². The Morgan fingerprint density at radius 1 is 1.11 bits per heavy atom. The van der Waals surface area contributed by atoms with E-state index in [0.29, 0.717) is 13.1 Å². The first-order chi connectivity index (χ1) is 13.0. The number of hydrogen-bond acceptors (Lipinski definition) is 4. The van der Waals surface area contributed by atoms with Crippen LogP contribution in [0.3, 0.4) is 0 Å². The predicted octanol–water partition coefficient (Wildman–Crippen LogP) is 3.38.